The van der Waals surface area contributed by atoms with Gasteiger partial charge in [0.2, 0.25) is 0 Å². The van der Waals surface area contributed by atoms with E-state index in [1.807, 2.05) is 0 Å². The second-order valence-corrected chi connectivity index (χ2v) is 7.82. The molecule has 2 aliphatic heterocycles. The van der Waals surface area contributed by atoms with Crippen molar-refractivity contribution >= 4 is 17.9 Å². The van der Waals surface area contributed by atoms with Crippen molar-refractivity contribution in [3.05, 3.63) is 59.7 Å². The summed E-state index contributed by atoms with van der Waals surface area (Å²) >= 11 is 0. The summed E-state index contributed by atoms with van der Waals surface area (Å²) in [6.07, 6.45) is -0.184. The Bertz CT molecular complexity index is 1010. The van der Waals surface area contributed by atoms with Crippen molar-refractivity contribution in [3.8, 4) is 5.75 Å². The second-order valence-electron chi connectivity index (χ2n) is 7.82. The number of amides is 2. The molecule has 32 heavy (non-hydrogen) atoms. The Kier molecular flexibility index (Phi) is 6.13. The Balaban J connectivity index is 1.28. The van der Waals surface area contributed by atoms with Gasteiger partial charge in [-0.2, -0.15) is 0 Å². The molecule has 2 heterocycles. The van der Waals surface area contributed by atoms with E-state index >= 15 is 0 Å². The predicted molar refractivity (Wildman–Crippen MR) is 110 cm³/mol. The van der Waals surface area contributed by atoms with Gasteiger partial charge in [-0.3, -0.25) is 10.2 Å². The number of halogens is 2. The third kappa shape index (κ3) is 4.91. The molecule has 170 valence electrons. The summed E-state index contributed by atoms with van der Waals surface area (Å²) in [5.41, 5.74) is 0.326. The van der Waals surface area contributed by atoms with Crippen LogP contribution < -0.4 is 10.1 Å². The van der Waals surface area contributed by atoms with Crippen molar-refractivity contribution < 1.29 is 32.7 Å². The van der Waals surface area contributed by atoms with Crippen LogP contribution in [0.4, 0.5) is 24.1 Å². The average molecular weight is 447 g/mol. The fourth-order valence-corrected chi connectivity index (χ4v) is 3.88. The number of carbonyl (C=O) groups excluding carboxylic acids is 2. The van der Waals surface area contributed by atoms with Crippen LogP contribution in [0.2, 0.25) is 0 Å². The number of piperidine rings is 1. The number of hydrogen-bond acceptors (Lipinski definition) is 6. The number of ether oxygens (including phenoxy) is 2. The Morgan fingerprint density at radius 1 is 1.16 bits per heavy atom. The molecule has 2 aromatic carbocycles. The predicted octanol–water partition coefficient (Wildman–Crippen LogP) is 3.92. The Morgan fingerprint density at radius 3 is 2.66 bits per heavy atom. The number of hydroxylamine groups is 2. The molecule has 0 radical (unpaired) electrons. The van der Waals surface area contributed by atoms with E-state index in [1.165, 1.54) is 23.1 Å². The normalized spacial score (nSPS) is 17.8. The van der Waals surface area contributed by atoms with Crippen molar-refractivity contribution in [2.75, 3.05) is 32.1 Å². The van der Waals surface area contributed by atoms with Gasteiger partial charge in [0.1, 0.15) is 11.4 Å². The largest absolute Gasteiger partial charge is 0.497 e. The van der Waals surface area contributed by atoms with E-state index in [2.05, 4.69) is 5.32 Å². The molecule has 2 fully saturated rings. The van der Waals surface area contributed by atoms with E-state index in [0.717, 1.165) is 12.1 Å². The Hall–Kier alpha value is -3.40. The molecule has 1 N–H and O–H groups in total. The first kappa shape index (κ1) is 21.8. The summed E-state index contributed by atoms with van der Waals surface area (Å²) in [5.74, 6) is -1.28. The van der Waals surface area contributed by atoms with Gasteiger partial charge < -0.3 is 14.3 Å². The van der Waals surface area contributed by atoms with Crippen LogP contribution in [0.25, 0.3) is 0 Å². The lowest BCUT2D eigenvalue weighted by molar-refractivity contribution is -0.138. The number of anilines is 1. The van der Waals surface area contributed by atoms with Crippen molar-refractivity contribution in [3.63, 3.8) is 0 Å². The van der Waals surface area contributed by atoms with E-state index in [-0.39, 0.29) is 6.54 Å². The molecule has 0 aliphatic carbocycles. The number of hydrogen-bond donors (Lipinski definition) is 1. The van der Waals surface area contributed by atoms with Gasteiger partial charge in [0.05, 0.1) is 13.7 Å². The summed E-state index contributed by atoms with van der Waals surface area (Å²) in [5, 5.41) is 4.16. The highest BCUT2D eigenvalue weighted by Gasteiger charge is 2.47. The first-order chi connectivity index (χ1) is 15.4. The van der Waals surface area contributed by atoms with E-state index < -0.39 is 29.4 Å². The zero-order valence-corrected chi connectivity index (χ0v) is 17.5. The second kappa shape index (κ2) is 8.99. The lowest BCUT2D eigenvalue weighted by atomic mass is 9.92. The molecule has 10 heteroatoms. The van der Waals surface area contributed by atoms with Gasteiger partial charge in [0.15, 0.2) is 11.6 Å². The summed E-state index contributed by atoms with van der Waals surface area (Å²) in [6.45, 7) is 1.23. The van der Waals surface area contributed by atoms with Crippen molar-refractivity contribution in [2.45, 2.75) is 25.0 Å². The first-order valence-electron chi connectivity index (χ1n) is 10.2. The van der Waals surface area contributed by atoms with Gasteiger partial charge in [-0.15, -0.1) is 5.06 Å². The maximum Gasteiger partial charge on any atom is 0.430 e. The van der Waals surface area contributed by atoms with Gasteiger partial charge in [-0.1, -0.05) is 12.1 Å². The minimum Gasteiger partial charge on any atom is -0.497 e. The van der Waals surface area contributed by atoms with Gasteiger partial charge in [-0.25, -0.2) is 18.4 Å². The smallest absolute Gasteiger partial charge is 0.430 e. The van der Waals surface area contributed by atoms with Crippen LogP contribution in [0, 0.1) is 11.6 Å². The molecule has 2 aromatic rings. The molecule has 1 spiro atoms. The van der Waals surface area contributed by atoms with Crippen LogP contribution >= 0.6 is 0 Å². The fraction of sp³-hybridized carbons (Fsp3) is 0.364. The van der Waals surface area contributed by atoms with E-state index in [9.17, 15) is 18.4 Å². The number of methoxy groups -OCH3 is 1. The average Bonchev–Trinajstić information content (AvgIpc) is 3.07. The summed E-state index contributed by atoms with van der Waals surface area (Å²) in [4.78, 5) is 31.3. The highest BCUT2D eigenvalue weighted by molar-refractivity contribution is 5.84. The molecule has 0 saturated carbocycles. The quantitative estimate of drug-likeness (QED) is 0.748. The monoisotopic (exact) mass is 447 g/mol. The third-order valence-corrected chi connectivity index (χ3v) is 5.56. The number of nitrogens with zero attached hydrogens (tertiary/aromatic N) is 2. The minimum atomic E-state index is -0.956. The lowest BCUT2D eigenvalue weighted by Crippen LogP contribution is -2.47. The van der Waals surface area contributed by atoms with Crippen LogP contribution in [0.15, 0.2) is 42.5 Å². The van der Waals surface area contributed by atoms with Crippen LogP contribution in [0.1, 0.15) is 18.4 Å². The van der Waals surface area contributed by atoms with Crippen molar-refractivity contribution in [1.29, 1.82) is 0 Å². The van der Waals surface area contributed by atoms with Crippen LogP contribution in [0.3, 0.4) is 0 Å². The van der Waals surface area contributed by atoms with Gasteiger partial charge in [0, 0.05) is 44.2 Å². The minimum absolute atomic E-state index is 0.126. The molecular formula is C22H23F2N3O5. The maximum absolute atomic E-state index is 13.5. The molecule has 0 bridgehead atoms. The molecule has 2 saturated heterocycles. The summed E-state index contributed by atoms with van der Waals surface area (Å²) in [6, 6.07) is 10.5. The molecule has 0 atom stereocenters. The standard InChI is InChI=1S/C22H23F2N3O5/c1-30-17-4-2-3-16(12-17)25-20(28)32-27-9-7-22(8-10-27)14-26(21(29)31-22)13-15-5-6-18(23)19(24)11-15/h2-6,11-12H,7-10,13-14H2,1H3,(H,25,28). The third-order valence-electron chi connectivity index (χ3n) is 5.56. The zero-order valence-electron chi connectivity index (χ0n) is 17.5. The number of rotatable bonds is 5. The number of benzene rings is 2. The van der Waals surface area contributed by atoms with Gasteiger partial charge in [-0.05, 0) is 29.8 Å². The van der Waals surface area contributed by atoms with E-state index in [4.69, 9.17) is 14.3 Å². The summed E-state index contributed by atoms with van der Waals surface area (Å²) < 4.78 is 37.3. The molecule has 0 unspecified atom stereocenters. The molecule has 0 aromatic heterocycles. The molecule has 8 nitrogen and oxygen atoms in total. The van der Waals surface area contributed by atoms with Gasteiger partial charge >= 0.3 is 12.2 Å². The Labute approximate surface area is 183 Å². The van der Waals surface area contributed by atoms with E-state index in [0.29, 0.717) is 49.5 Å². The number of carbonyl (C=O) groups is 2. The van der Waals surface area contributed by atoms with Crippen molar-refractivity contribution in [2.24, 2.45) is 0 Å². The SMILES string of the molecule is COc1cccc(NC(=O)ON2CCC3(CC2)CN(Cc2ccc(F)c(F)c2)C(=O)O3)c1. The molecular weight excluding hydrogens is 424 g/mol. The summed E-state index contributed by atoms with van der Waals surface area (Å²) in [7, 11) is 1.54. The molecule has 4 rings (SSSR count). The maximum atomic E-state index is 13.5. The van der Waals surface area contributed by atoms with Crippen LogP contribution in [-0.2, 0) is 16.1 Å². The Morgan fingerprint density at radius 2 is 1.94 bits per heavy atom. The number of nitrogens with one attached hydrogen (secondary N) is 1. The molecule has 2 aliphatic rings. The topological polar surface area (TPSA) is 80.3 Å². The fourth-order valence-electron chi connectivity index (χ4n) is 3.88. The first-order valence-corrected chi connectivity index (χ1v) is 10.2. The van der Waals surface area contributed by atoms with E-state index in [1.54, 1.807) is 24.3 Å². The highest BCUT2D eigenvalue weighted by Crippen LogP contribution is 2.34. The van der Waals surface area contributed by atoms with Crippen LogP contribution in [-0.4, -0.2) is 54.5 Å². The highest BCUT2D eigenvalue weighted by atomic mass is 19.2. The molecule has 2 amide bonds. The van der Waals surface area contributed by atoms with Crippen LogP contribution in [0.5, 0.6) is 5.75 Å². The van der Waals surface area contributed by atoms with Gasteiger partial charge in [0.25, 0.3) is 0 Å². The van der Waals surface area contributed by atoms with Crippen molar-refractivity contribution in [1.82, 2.24) is 9.96 Å². The zero-order chi connectivity index (χ0) is 22.7. The lowest BCUT2D eigenvalue weighted by Gasteiger charge is -2.36.